The van der Waals surface area contributed by atoms with Crippen molar-refractivity contribution >= 4 is 23.2 Å². The molecule has 0 unspecified atom stereocenters. The molecule has 3 atom stereocenters. The standard InChI is InChI=1S/C24H19FN2O4/c1-30-17-11-7-10-16(14-17)26-23(28)20-21(18-12-5-6-13-19(18)25)27(31-22(20)24(26)29)15-8-3-2-4-9-15/h2-14,20-22H,1H3/t20-,21-,22-/m0/s1. The van der Waals surface area contributed by atoms with Gasteiger partial charge in [-0.25, -0.2) is 14.4 Å². The molecule has 0 aromatic heterocycles. The molecule has 3 aromatic carbocycles. The number of benzene rings is 3. The van der Waals surface area contributed by atoms with Gasteiger partial charge in [-0.05, 0) is 30.3 Å². The van der Waals surface area contributed by atoms with Crippen LogP contribution in [0.15, 0.2) is 78.9 Å². The number of hydroxylamine groups is 1. The maximum absolute atomic E-state index is 14.8. The van der Waals surface area contributed by atoms with Crippen LogP contribution < -0.4 is 14.7 Å². The Morgan fingerprint density at radius 3 is 2.32 bits per heavy atom. The van der Waals surface area contributed by atoms with Gasteiger partial charge in [0.05, 0.1) is 24.5 Å². The van der Waals surface area contributed by atoms with Crippen molar-refractivity contribution in [2.45, 2.75) is 12.1 Å². The van der Waals surface area contributed by atoms with Crippen LogP contribution in [-0.2, 0) is 14.4 Å². The van der Waals surface area contributed by atoms with Crippen LogP contribution in [0.5, 0.6) is 5.75 Å². The topological polar surface area (TPSA) is 59.1 Å². The highest BCUT2D eigenvalue weighted by Crippen LogP contribution is 2.48. The van der Waals surface area contributed by atoms with E-state index in [0.29, 0.717) is 22.7 Å². The van der Waals surface area contributed by atoms with Gasteiger partial charge in [0.25, 0.3) is 5.91 Å². The quantitative estimate of drug-likeness (QED) is 0.602. The molecule has 5 rings (SSSR count). The number of imide groups is 1. The van der Waals surface area contributed by atoms with E-state index in [4.69, 9.17) is 9.57 Å². The molecule has 2 heterocycles. The van der Waals surface area contributed by atoms with Gasteiger partial charge in [-0.3, -0.25) is 14.4 Å². The monoisotopic (exact) mass is 418 g/mol. The van der Waals surface area contributed by atoms with E-state index in [2.05, 4.69) is 0 Å². The van der Waals surface area contributed by atoms with Crippen LogP contribution in [0.2, 0.25) is 0 Å². The van der Waals surface area contributed by atoms with Crippen LogP contribution in [0.4, 0.5) is 15.8 Å². The first-order chi connectivity index (χ1) is 15.1. The lowest BCUT2D eigenvalue weighted by Crippen LogP contribution is -2.37. The first-order valence-corrected chi connectivity index (χ1v) is 9.87. The van der Waals surface area contributed by atoms with Gasteiger partial charge in [-0.2, -0.15) is 0 Å². The van der Waals surface area contributed by atoms with Gasteiger partial charge in [0.1, 0.15) is 17.5 Å². The van der Waals surface area contributed by atoms with Crippen LogP contribution in [0.1, 0.15) is 11.6 Å². The fourth-order valence-corrected chi connectivity index (χ4v) is 4.25. The number of carbonyl (C=O) groups excluding carboxylic acids is 2. The second-order valence-electron chi connectivity index (χ2n) is 7.39. The Balaban J connectivity index is 1.60. The van der Waals surface area contributed by atoms with E-state index in [-0.39, 0.29) is 0 Å². The largest absolute Gasteiger partial charge is 0.497 e. The summed E-state index contributed by atoms with van der Waals surface area (Å²) in [6, 6.07) is 21.2. The molecular weight excluding hydrogens is 399 g/mol. The normalized spacial score (nSPS) is 22.7. The Kier molecular flexibility index (Phi) is 4.67. The van der Waals surface area contributed by atoms with E-state index in [1.165, 1.54) is 18.2 Å². The third-order valence-electron chi connectivity index (χ3n) is 5.66. The van der Waals surface area contributed by atoms with Crippen molar-refractivity contribution in [1.29, 1.82) is 0 Å². The highest BCUT2D eigenvalue weighted by molar-refractivity contribution is 6.24. The molecule has 0 N–H and O–H groups in total. The third kappa shape index (κ3) is 3.05. The molecule has 3 aromatic rings. The molecule has 0 spiro atoms. The molecule has 0 saturated carbocycles. The van der Waals surface area contributed by atoms with Gasteiger partial charge in [0.2, 0.25) is 5.91 Å². The SMILES string of the molecule is COc1cccc(N2C(=O)[C@@H]3[C@H](ON(c4ccccc4)[C@H]3c3ccccc3F)C2=O)c1. The summed E-state index contributed by atoms with van der Waals surface area (Å²) < 4.78 is 20.0. The van der Waals surface area contributed by atoms with Crippen LogP contribution in [0, 0.1) is 11.7 Å². The molecular formula is C24H19FN2O4. The molecule has 2 saturated heterocycles. The van der Waals surface area contributed by atoms with Gasteiger partial charge in [0, 0.05) is 11.6 Å². The Morgan fingerprint density at radius 2 is 1.58 bits per heavy atom. The summed E-state index contributed by atoms with van der Waals surface area (Å²) in [5.41, 5.74) is 1.33. The second kappa shape index (κ2) is 7.52. The van der Waals surface area contributed by atoms with Gasteiger partial charge < -0.3 is 4.74 Å². The van der Waals surface area contributed by atoms with Crippen molar-refractivity contribution in [3.8, 4) is 5.75 Å². The first-order valence-electron chi connectivity index (χ1n) is 9.87. The van der Waals surface area contributed by atoms with Gasteiger partial charge in [0.15, 0.2) is 6.10 Å². The predicted octanol–water partition coefficient (Wildman–Crippen LogP) is 3.89. The minimum Gasteiger partial charge on any atom is -0.497 e. The third-order valence-corrected chi connectivity index (χ3v) is 5.66. The number of nitrogens with zero attached hydrogens (tertiary/aromatic N) is 2. The number of para-hydroxylation sites is 1. The Labute approximate surface area is 178 Å². The van der Waals surface area contributed by atoms with Crippen LogP contribution >= 0.6 is 0 Å². The fourth-order valence-electron chi connectivity index (χ4n) is 4.25. The minimum atomic E-state index is -1.05. The molecule has 0 aliphatic carbocycles. The fraction of sp³-hybridized carbons (Fsp3) is 0.167. The van der Waals surface area contributed by atoms with E-state index >= 15 is 0 Å². The molecule has 7 heteroatoms. The zero-order valence-electron chi connectivity index (χ0n) is 16.6. The van der Waals surface area contributed by atoms with Crippen molar-refractivity contribution in [2.75, 3.05) is 17.1 Å². The van der Waals surface area contributed by atoms with E-state index in [1.807, 2.05) is 18.2 Å². The van der Waals surface area contributed by atoms with Crippen molar-refractivity contribution in [1.82, 2.24) is 0 Å². The van der Waals surface area contributed by atoms with Crippen molar-refractivity contribution in [3.05, 3.63) is 90.2 Å². The summed E-state index contributed by atoms with van der Waals surface area (Å²) in [4.78, 5) is 33.9. The molecule has 6 nitrogen and oxygen atoms in total. The van der Waals surface area contributed by atoms with Gasteiger partial charge in [-0.1, -0.05) is 42.5 Å². The maximum atomic E-state index is 14.8. The Morgan fingerprint density at radius 1 is 0.871 bits per heavy atom. The number of anilines is 2. The lowest BCUT2D eigenvalue weighted by Gasteiger charge is -2.29. The minimum absolute atomic E-state index is 0.299. The van der Waals surface area contributed by atoms with Gasteiger partial charge >= 0.3 is 0 Å². The summed E-state index contributed by atoms with van der Waals surface area (Å²) in [7, 11) is 1.51. The average molecular weight is 418 g/mol. The van der Waals surface area contributed by atoms with Crippen LogP contribution in [-0.4, -0.2) is 25.0 Å². The van der Waals surface area contributed by atoms with E-state index in [1.54, 1.807) is 54.6 Å². The smallest absolute Gasteiger partial charge is 0.266 e. The van der Waals surface area contributed by atoms with Gasteiger partial charge in [-0.15, -0.1) is 0 Å². The molecule has 0 radical (unpaired) electrons. The number of ether oxygens (including phenoxy) is 1. The Bertz CT molecular complexity index is 1150. The number of hydrogen-bond acceptors (Lipinski definition) is 5. The molecule has 31 heavy (non-hydrogen) atoms. The number of fused-ring (bicyclic) bond motifs is 1. The maximum Gasteiger partial charge on any atom is 0.266 e. The molecule has 0 bridgehead atoms. The highest BCUT2D eigenvalue weighted by Gasteiger charge is 2.60. The lowest BCUT2D eigenvalue weighted by molar-refractivity contribution is -0.126. The van der Waals surface area contributed by atoms with Crippen molar-refractivity contribution in [2.24, 2.45) is 5.92 Å². The van der Waals surface area contributed by atoms with Crippen molar-refractivity contribution in [3.63, 3.8) is 0 Å². The molecule has 2 aliphatic rings. The number of halogens is 1. The summed E-state index contributed by atoms with van der Waals surface area (Å²) in [5, 5.41) is 1.48. The summed E-state index contributed by atoms with van der Waals surface area (Å²) in [6.45, 7) is 0. The van der Waals surface area contributed by atoms with E-state index in [9.17, 15) is 14.0 Å². The van der Waals surface area contributed by atoms with E-state index in [0.717, 1.165) is 4.90 Å². The molecule has 156 valence electrons. The summed E-state index contributed by atoms with van der Waals surface area (Å²) in [5.74, 6) is -1.75. The first kappa shape index (κ1) is 19.3. The highest BCUT2D eigenvalue weighted by atomic mass is 19.1. The number of amides is 2. The zero-order valence-corrected chi connectivity index (χ0v) is 16.6. The second-order valence-corrected chi connectivity index (χ2v) is 7.39. The van der Waals surface area contributed by atoms with E-state index < -0.39 is 35.7 Å². The lowest BCUT2D eigenvalue weighted by atomic mass is 9.90. The van der Waals surface area contributed by atoms with Crippen LogP contribution in [0.25, 0.3) is 0 Å². The summed E-state index contributed by atoms with van der Waals surface area (Å²) >= 11 is 0. The average Bonchev–Trinajstić information content (AvgIpc) is 3.31. The van der Waals surface area contributed by atoms with Crippen LogP contribution in [0.3, 0.4) is 0 Å². The molecule has 2 aliphatic heterocycles. The molecule has 2 fully saturated rings. The number of methoxy groups -OCH3 is 1. The predicted molar refractivity (Wildman–Crippen MR) is 112 cm³/mol. The van der Waals surface area contributed by atoms with Crippen molar-refractivity contribution < 1.29 is 23.6 Å². The zero-order chi connectivity index (χ0) is 21.5. The Hall–Kier alpha value is -3.71. The molecule has 2 amide bonds. The number of carbonyl (C=O) groups is 2. The summed E-state index contributed by atoms with van der Waals surface area (Å²) in [6.07, 6.45) is -1.05. The number of rotatable bonds is 4. The number of hydrogen-bond donors (Lipinski definition) is 0.